The molecule has 8 heteroatoms. The largest absolute Gasteiger partial charge is 0.486 e. The average molecular weight is 385 g/mol. The zero-order valence-electron chi connectivity index (χ0n) is 14.6. The Morgan fingerprint density at radius 3 is 2.74 bits per heavy atom. The number of para-hydroxylation sites is 2. The van der Waals surface area contributed by atoms with Crippen LogP contribution in [0.25, 0.3) is 11.0 Å². The quantitative estimate of drug-likeness (QED) is 0.692. The lowest BCUT2D eigenvalue weighted by Gasteiger charge is -2.21. The summed E-state index contributed by atoms with van der Waals surface area (Å²) in [6.45, 7) is 1.81. The summed E-state index contributed by atoms with van der Waals surface area (Å²) in [5.74, 6) is 1.07. The van der Waals surface area contributed by atoms with Crippen LogP contribution >= 0.6 is 0 Å². The summed E-state index contributed by atoms with van der Waals surface area (Å²) in [5.41, 5.74) is 1.95. The van der Waals surface area contributed by atoms with Crippen molar-refractivity contribution < 1.29 is 17.9 Å². The van der Waals surface area contributed by atoms with Crippen LogP contribution < -0.4 is 9.47 Å². The highest BCUT2D eigenvalue weighted by atomic mass is 32.2. The van der Waals surface area contributed by atoms with Gasteiger partial charge in [0.05, 0.1) is 28.3 Å². The van der Waals surface area contributed by atoms with Crippen molar-refractivity contribution in [2.45, 2.75) is 17.4 Å². The lowest BCUT2D eigenvalue weighted by atomic mass is 10.2. The fraction of sp³-hybridized carbons (Fsp3) is 0.316. The number of nitrogens with zero attached hydrogens (tertiary/aromatic N) is 3. The van der Waals surface area contributed by atoms with Crippen molar-refractivity contribution in [2.24, 2.45) is 0 Å². The third-order valence-corrected chi connectivity index (χ3v) is 7.01. The molecular weight excluding hydrogens is 366 g/mol. The van der Waals surface area contributed by atoms with Crippen molar-refractivity contribution in [3.8, 4) is 11.5 Å². The molecule has 1 saturated heterocycles. The van der Waals surface area contributed by atoms with Crippen molar-refractivity contribution in [2.75, 3.05) is 26.3 Å². The summed E-state index contributed by atoms with van der Waals surface area (Å²) in [7, 11) is -3.59. The Morgan fingerprint density at radius 2 is 1.85 bits per heavy atom. The van der Waals surface area contributed by atoms with Crippen molar-refractivity contribution in [1.82, 2.24) is 13.9 Å². The number of benzene rings is 2. The first kappa shape index (κ1) is 16.6. The maximum atomic E-state index is 13.1. The third-order valence-electron chi connectivity index (χ3n) is 5.15. The van der Waals surface area contributed by atoms with E-state index in [2.05, 4.69) is 9.55 Å². The predicted octanol–water partition coefficient (Wildman–Crippen LogP) is 2.44. The Labute approximate surface area is 157 Å². The molecule has 7 nitrogen and oxygen atoms in total. The van der Waals surface area contributed by atoms with Gasteiger partial charge in [-0.2, -0.15) is 4.31 Å². The number of imidazole rings is 1. The minimum Gasteiger partial charge on any atom is -0.486 e. The first-order valence-electron chi connectivity index (χ1n) is 8.94. The van der Waals surface area contributed by atoms with Crippen LogP contribution in [0.5, 0.6) is 11.5 Å². The number of sulfonamides is 1. The SMILES string of the molecule is O=S(=O)(c1ccc2c(c1)OCCO2)N1CC[C@H](n2cnc3ccccc32)C1. The van der Waals surface area contributed by atoms with E-state index in [4.69, 9.17) is 9.47 Å². The minimum atomic E-state index is -3.59. The molecule has 1 fully saturated rings. The van der Waals surface area contributed by atoms with E-state index in [0.29, 0.717) is 37.8 Å². The van der Waals surface area contributed by atoms with E-state index in [1.54, 1.807) is 24.5 Å². The Bertz CT molecular complexity index is 1110. The maximum absolute atomic E-state index is 13.1. The Hall–Kier alpha value is -2.58. The molecule has 2 aliphatic heterocycles. The van der Waals surface area contributed by atoms with Gasteiger partial charge in [0.1, 0.15) is 13.2 Å². The third kappa shape index (κ3) is 2.76. The van der Waals surface area contributed by atoms with Crippen LogP contribution in [0.2, 0.25) is 0 Å². The molecule has 1 atom stereocenters. The lowest BCUT2D eigenvalue weighted by molar-refractivity contribution is 0.171. The minimum absolute atomic E-state index is 0.0735. The highest BCUT2D eigenvalue weighted by Crippen LogP contribution is 2.35. The van der Waals surface area contributed by atoms with Gasteiger partial charge in [-0.25, -0.2) is 13.4 Å². The highest BCUT2D eigenvalue weighted by molar-refractivity contribution is 7.89. The molecule has 0 bridgehead atoms. The normalized spacial score (nSPS) is 20.2. The second-order valence-electron chi connectivity index (χ2n) is 6.75. The smallest absolute Gasteiger partial charge is 0.243 e. The zero-order chi connectivity index (χ0) is 18.4. The molecule has 1 aromatic heterocycles. The summed E-state index contributed by atoms with van der Waals surface area (Å²) in [6, 6.07) is 12.8. The van der Waals surface area contributed by atoms with Crippen LogP contribution in [0.3, 0.4) is 0 Å². The molecule has 2 aliphatic rings. The van der Waals surface area contributed by atoms with Crippen molar-refractivity contribution in [1.29, 1.82) is 0 Å². The number of rotatable bonds is 3. The topological polar surface area (TPSA) is 73.7 Å². The number of aromatic nitrogens is 2. The van der Waals surface area contributed by atoms with Gasteiger partial charge in [-0.3, -0.25) is 0 Å². The molecular formula is C19H19N3O4S. The van der Waals surface area contributed by atoms with Gasteiger partial charge >= 0.3 is 0 Å². The first-order valence-corrected chi connectivity index (χ1v) is 10.4. The second-order valence-corrected chi connectivity index (χ2v) is 8.69. The summed E-state index contributed by atoms with van der Waals surface area (Å²) in [4.78, 5) is 4.66. The van der Waals surface area contributed by atoms with Crippen LogP contribution in [0.4, 0.5) is 0 Å². The van der Waals surface area contributed by atoms with E-state index < -0.39 is 10.0 Å². The van der Waals surface area contributed by atoms with Crippen molar-refractivity contribution in [3.05, 3.63) is 48.8 Å². The van der Waals surface area contributed by atoms with Gasteiger partial charge in [0.25, 0.3) is 0 Å². The van der Waals surface area contributed by atoms with Gasteiger partial charge in [0, 0.05) is 19.2 Å². The molecule has 0 unspecified atom stereocenters. The van der Waals surface area contributed by atoms with Crippen LogP contribution in [0.15, 0.2) is 53.7 Å². The summed E-state index contributed by atoms with van der Waals surface area (Å²) in [5, 5.41) is 0. The molecule has 2 aromatic carbocycles. The van der Waals surface area contributed by atoms with E-state index >= 15 is 0 Å². The summed E-state index contributed by atoms with van der Waals surface area (Å²) in [6.07, 6.45) is 2.56. The van der Waals surface area contributed by atoms with Gasteiger partial charge in [-0.15, -0.1) is 0 Å². The van der Waals surface area contributed by atoms with Gasteiger partial charge in [-0.1, -0.05) is 12.1 Å². The molecule has 3 heterocycles. The highest BCUT2D eigenvalue weighted by Gasteiger charge is 2.34. The molecule has 0 N–H and O–H groups in total. The lowest BCUT2D eigenvalue weighted by Crippen LogP contribution is -2.29. The van der Waals surface area contributed by atoms with Crippen LogP contribution in [0, 0.1) is 0 Å². The molecule has 0 amide bonds. The molecule has 27 heavy (non-hydrogen) atoms. The molecule has 140 valence electrons. The second kappa shape index (κ2) is 6.24. The molecule has 0 aliphatic carbocycles. The van der Waals surface area contributed by atoms with Crippen LogP contribution in [-0.4, -0.2) is 48.6 Å². The van der Waals surface area contributed by atoms with Gasteiger partial charge < -0.3 is 14.0 Å². The summed E-state index contributed by atoms with van der Waals surface area (Å²) < 4.78 is 40.8. The fourth-order valence-electron chi connectivity index (χ4n) is 3.76. The van der Waals surface area contributed by atoms with Crippen LogP contribution in [-0.2, 0) is 10.0 Å². The number of ether oxygens (including phenoxy) is 2. The van der Waals surface area contributed by atoms with E-state index in [-0.39, 0.29) is 10.9 Å². The first-order chi connectivity index (χ1) is 13.1. The Balaban J connectivity index is 1.42. The van der Waals surface area contributed by atoms with Gasteiger partial charge in [-0.05, 0) is 30.7 Å². The molecule has 5 rings (SSSR count). The van der Waals surface area contributed by atoms with E-state index in [1.807, 2.05) is 24.3 Å². The van der Waals surface area contributed by atoms with Crippen LogP contribution in [0.1, 0.15) is 12.5 Å². The number of hydrogen-bond donors (Lipinski definition) is 0. The Morgan fingerprint density at radius 1 is 1.04 bits per heavy atom. The zero-order valence-corrected chi connectivity index (χ0v) is 15.4. The fourth-order valence-corrected chi connectivity index (χ4v) is 5.27. The predicted molar refractivity (Wildman–Crippen MR) is 99.6 cm³/mol. The average Bonchev–Trinajstić information content (AvgIpc) is 3.35. The van der Waals surface area contributed by atoms with E-state index in [9.17, 15) is 8.42 Å². The monoisotopic (exact) mass is 385 g/mol. The van der Waals surface area contributed by atoms with E-state index in [1.165, 1.54) is 4.31 Å². The Kier molecular flexibility index (Phi) is 3.84. The summed E-state index contributed by atoms with van der Waals surface area (Å²) >= 11 is 0. The van der Waals surface area contributed by atoms with Gasteiger partial charge in [0.15, 0.2) is 11.5 Å². The number of fused-ring (bicyclic) bond motifs is 2. The standard InChI is InChI=1S/C19H19N3O4S/c23-27(24,15-5-6-18-19(11-15)26-10-9-25-18)21-8-7-14(12-21)22-13-20-16-3-1-2-4-17(16)22/h1-6,11,13-14H,7-10,12H2/t14-/m0/s1. The number of hydrogen-bond acceptors (Lipinski definition) is 5. The molecule has 0 saturated carbocycles. The van der Waals surface area contributed by atoms with Gasteiger partial charge in [0.2, 0.25) is 10.0 Å². The molecule has 0 radical (unpaired) electrons. The van der Waals surface area contributed by atoms with Crippen molar-refractivity contribution >= 4 is 21.1 Å². The van der Waals surface area contributed by atoms with E-state index in [0.717, 1.165) is 17.5 Å². The molecule has 3 aromatic rings. The molecule has 0 spiro atoms. The van der Waals surface area contributed by atoms with Crippen molar-refractivity contribution in [3.63, 3.8) is 0 Å². The maximum Gasteiger partial charge on any atom is 0.243 e.